The van der Waals surface area contributed by atoms with Crippen molar-refractivity contribution in [2.75, 3.05) is 14.2 Å². The summed E-state index contributed by atoms with van der Waals surface area (Å²) in [5, 5.41) is 0. The number of rotatable bonds is 6. The molecule has 0 aliphatic carbocycles. The smallest absolute Gasteiger partial charge is 0.129 e. The molecule has 1 aromatic carbocycles. The van der Waals surface area contributed by atoms with Gasteiger partial charge < -0.3 is 14.3 Å². The fraction of sp³-hybridized carbons (Fsp3) is 0.533. The molecule has 0 bridgehead atoms. The summed E-state index contributed by atoms with van der Waals surface area (Å²) in [6.45, 7) is 6.24. The van der Waals surface area contributed by atoms with Gasteiger partial charge in [-0.3, -0.25) is 0 Å². The molecule has 1 atom stereocenters. The topological polar surface area (TPSA) is 35.5 Å². The van der Waals surface area contributed by atoms with Crippen molar-refractivity contribution in [3.63, 3.8) is 0 Å². The lowest BCUT2D eigenvalue weighted by Crippen LogP contribution is -2.05. The van der Waals surface area contributed by atoms with Gasteiger partial charge in [-0.25, -0.2) is 0 Å². The lowest BCUT2D eigenvalue weighted by molar-refractivity contribution is -0.108. The Morgan fingerprint density at radius 3 is 2.28 bits per heavy atom. The Kier molecular flexibility index (Phi) is 5.20. The summed E-state index contributed by atoms with van der Waals surface area (Å²) in [6.07, 6.45) is 1.45. The second kappa shape index (κ2) is 6.43. The average Bonchev–Trinajstić information content (AvgIpc) is 2.36. The molecule has 0 spiro atoms. The van der Waals surface area contributed by atoms with E-state index in [0.29, 0.717) is 12.3 Å². The van der Waals surface area contributed by atoms with Gasteiger partial charge >= 0.3 is 0 Å². The van der Waals surface area contributed by atoms with Crippen LogP contribution in [0.2, 0.25) is 0 Å². The van der Waals surface area contributed by atoms with Gasteiger partial charge in [0.05, 0.1) is 14.2 Å². The molecular formula is C15H22O3. The first-order chi connectivity index (χ1) is 8.56. The Balaban J connectivity index is 3.37. The highest BCUT2D eigenvalue weighted by molar-refractivity contribution is 5.56. The highest BCUT2D eigenvalue weighted by atomic mass is 16.5. The fourth-order valence-electron chi connectivity index (χ4n) is 2.21. The molecule has 0 fully saturated rings. The van der Waals surface area contributed by atoms with Gasteiger partial charge in [0, 0.05) is 12.0 Å². The third kappa shape index (κ3) is 2.84. The second-order valence-corrected chi connectivity index (χ2v) is 4.76. The minimum absolute atomic E-state index is 0.154. The second-order valence-electron chi connectivity index (χ2n) is 4.76. The van der Waals surface area contributed by atoms with Crippen LogP contribution in [0, 0.1) is 0 Å². The van der Waals surface area contributed by atoms with Crippen LogP contribution in [0.25, 0.3) is 0 Å². The van der Waals surface area contributed by atoms with E-state index >= 15 is 0 Å². The molecule has 0 saturated heterocycles. The number of hydrogen-bond acceptors (Lipinski definition) is 3. The van der Waals surface area contributed by atoms with E-state index in [9.17, 15) is 4.79 Å². The van der Waals surface area contributed by atoms with E-state index in [1.54, 1.807) is 14.2 Å². The molecule has 0 aliphatic heterocycles. The Hall–Kier alpha value is -1.51. The van der Waals surface area contributed by atoms with Crippen molar-refractivity contribution < 1.29 is 14.3 Å². The lowest BCUT2D eigenvalue weighted by Gasteiger charge is -2.21. The summed E-state index contributed by atoms with van der Waals surface area (Å²) in [5.41, 5.74) is 2.13. The van der Waals surface area contributed by atoms with E-state index in [1.807, 2.05) is 19.1 Å². The van der Waals surface area contributed by atoms with E-state index < -0.39 is 0 Å². The first-order valence-electron chi connectivity index (χ1n) is 6.25. The number of aldehydes is 1. The van der Waals surface area contributed by atoms with Crippen molar-refractivity contribution in [3.8, 4) is 11.5 Å². The molecule has 0 aliphatic rings. The molecule has 0 radical (unpaired) electrons. The largest absolute Gasteiger partial charge is 0.496 e. The Morgan fingerprint density at radius 2 is 1.83 bits per heavy atom. The highest BCUT2D eigenvalue weighted by Gasteiger charge is 2.20. The number of carbonyl (C=O) groups is 1. The predicted octanol–water partition coefficient (Wildman–Crippen LogP) is 3.52. The number of carbonyl (C=O) groups excluding carboxylic acids is 1. The summed E-state index contributed by atoms with van der Waals surface area (Å²) < 4.78 is 10.9. The molecule has 0 saturated carbocycles. The van der Waals surface area contributed by atoms with Gasteiger partial charge in [0.25, 0.3) is 0 Å². The van der Waals surface area contributed by atoms with Crippen LogP contribution in [0.15, 0.2) is 12.1 Å². The Bertz CT molecular complexity index is 410. The van der Waals surface area contributed by atoms with Crippen LogP contribution in [0.5, 0.6) is 11.5 Å². The van der Waals surface area contributed by atoms with Crippen LogP contribution in [-0.4, -0.2) is 20.5 Å². The first-order valence-corrected chi connectivity index (χ1v) is 6.25. The summed E-state index contributed by atoms with van der Waals surface area (Å²) >= 11 is 0. The van der Waals surface area contributed by atoms with Gasteiger partial charge in [-0.05, 0) is 23.5 Å². The highest BCUT2D eigenvalue weighted by Crippen LogP contribution is 2.40. The van der Waals surface area contributed by atoms with E-state index in [0.717, 1.165) is 28.9 Å². The normalized spacial score (nSPS) is 12.3. The predicted molar refractivity (Wildman–Crippen MR) is 72.7 cm³/mol. The van der Waals surface area contributed by atoms with Crippen molar-refractivity contribution >= 4 is 6.29 Å². The van der Waals surface area contributed by atoms with Crippen molar-refractivity contribution in [2.45, 2.75) is 39.0 Å². The monoisotopic (exact) mass is 250 g/mol. The van der Waals surface area contributed by atoms with Crippen molar-refractivity contribution in [1.29, 1.82) is 0 Å². The molecule has 0 N–H and O–H groups in total. The zero-order valence-electron chi connectivity index (χ0n) is 11.8. The standard InChI is InChI=1S/C15H22O3/c1-10(2)14-13(17-4)7-6-12(15(14)18-5)11(3)8-9-16/h6-7,9-11H,8H2,1-5H3. The van der Waals surface area contributed by atoms with Crippen LogP contribution < -0.4 is 9.47 Å². The SMILES string of the molecule is COc1ccc(C(C)CC=O)c(OC)c1C(C)C. The van der Waals surface area contributed by atoms with Crippen LogP contribution >= 0.6 is 0 Å². The maximum Gasteiger partial charge on any atom is 0.129 e. The lowest BCUT2D eigenvalue weighted by atomic mass is 9.91. The van der Waals surface area contributed by atoms with Gasteiger partial charge in [0.15, 0.2) is 0 Å². The minimum Gasteiger partial charge on any atom is -0.496 e. The molecule has 0 aromatic heterocycles. The Morgan fingerprint density at radius 1 is 1.17 bits per heavy atom. The maximum absolute atomic E-state index is 10.7. The molecule has 1 unspecified atom stereocenters. The van der Waals surface area contributed by atoms with E-state index in [2.05, 4.69) is 13.8 Å². The van der Waals surface area contributed by atoms with Gasteiger partial charge in [0.1, 0.15) is 17.8 Å². The molecule has 1 rings (SSSR count). The van der Waals surface area contributed by atoms with Crippen LogP contribution in [-0.2, 0) is 4.79 Å². The van der Waals surface area contributed by atoms with E-state index in [-0.39, 0.29) is 5.92 Å². The number of methoxy groups -OCH3 is 2. The quantitative estimate of drug-likeness (QED) is 0.725. The van der Waals surface area contributed by atoms with Crippen molar-refractivity contribution in [3.05, 3.63) is 23.3 Å². The third-order valence-corrected chi connectivity index (χ3v) is 3.17. The minimum atomic E-state index is 0.154. The zero-order chi connectivity index (χ0) is 13.7. The van der Waals surface area contributed by atoms with Crippen LogP contribution in [0.3, 0.4) is 0 Å². The molecule has 3 nitrogen and oxygen atoms in total. The fourth-order valence-corrected chi connectivity index (χ4v) is 2.21. The summed E-state index contributed by atoms with van der Waals surface area (Å²) in [6, 6.07) is 3.94. The molecule has 100 valence electrons. The van der Waals surface area contributed by atoms with Gasteiger partial charge in [-0.1, -0.05) is 26.8 Å². The number of ether oxygens (including phenoxy) is 2. The number of hydrogen-bond donors (Lipinski definition) is 0. The van der Waals surface area contributed by atoms with E-state index in [4.69, 9.17) is 9.47 Å². The molecule has 18 heavy (non-hydrogen) atoms. The number of benzene rings is 1. The van der Waals surface area contributed by atoms with Crippen LogP contribution in [0.1, 0.15) is 50.2 Å². The molecule has 0 amide bonds. The summed E-state index contributed by atoms with van der Waals surface area (Å²) in [7, 11) is 3.33. The average molecular weight is 250 g/mol. The van der Waals surface area contributed by atoms with Gasteiger partial charge in [-0.2, -0.15) is 0 Å². The molecular weight excluding hydrogens is 228 g/mol. The summed E-state index contributed by atoms with van der Waals surface area (Å²) in [4.78, 5) is 10.7. The van der Waals surface area contributed by atoms with E-state index in [1.165, 1.54) is 0 Å². The van der Waals surface area contributed by atoms with Gasteiger partial charge in [-0.15, -0.1) is 0 Å². The van der Waals surface area contributed by atoms with Gasteiger partial charge in [0.2, 0.25) is 0 Å². The van der Waals surface area contributed by atoms with Crippen LogP contribution in [0.4, 0.5) is 0 Å². The van der Waals surface area contributed by atoms with Crippen molar-refractivity contribution in [1.82, 2.24) is 0 Å². The third-order valence-electron chi connectivity index (χ3n) is 3.17. The zero-order valence-corrected chi connectivity index (χ0v) is 11.8. The first kappa shape index (κ1) is 14.6. The summed E-state index contributed by atoms with van der Waals surface area (Å²) in [5.74, 6) is 2.14. The molecule has 3 heteroatoms. The molecule has 0 heterocycles. The molecule has 1 aromatic rings. The van der Waals surface area contributed by atoms with Crippen molar-refractivity contribution in [2.24, 2.45) is 0 Å². The Labute approximate surface area is 109 Å². The maximum atomic E-state index is 10.7.